The molecule has 160 valence electrons. The van der Waals surface area contributed by atoms with Gasteiger partial charge in [-0.3, -0.25) is 0 Å². The summed E-state index contributed by atoms with van der Waals surface area (Å²) in [5.74, 6) is 0. The Morgan fingerprint density at radius 3 is 1.10 bits per heavy atom. The molecule has 2 aromatic rings. The molecule has 0 aliphatic rings. The predicted octanol–water partition coefficient (Wildman–Crippen LogP) is 3.28. The fourth-order valence-electron chi connectivity index (χ4n) is 2.90. The molecule has 8 N–H and O–H groups in total. The van der Waals surface area contributed by atoms with Gasteiger partial charge in [0.25, 0.3) is 0 Å². The quantitative estimate of drug-likeness (QED) is 0.450. The maximum absolute atomic E-state index is 14.1. The fraction of sp³-hybridized carbons (Fsp3) is 0.368. The van der Waals surface area contributed by atoms with Crippen molar-refractivity contribution in [3.05, 3.63) is 70.8 Å². The zero-order chi connectivity index (χ0) is 22.5. The molecular formula is C19H22F6N4. The lowest BCUT2D eigenvalue weighted by atomic mass is 9.74. The molecule has 0 heterocycles. The first-order chi connectivity index (χ1) is 12.9. The van der Waals surface area contributed by atoms with E-state index >= 15 is 0 Å². The molecule has 29 heavy (non-hydrogen) atoms. The predicted molar refractivity (Wildman–Crippen MR) is 97.2 cm³/mol. The van der Waals surface area contributed by atoms with Gasteiger partial charge in [-0.15, -0.1) is 0 Å². The minimum atomic E-state index is -4.98. The maximum atomic E-state index is 14.1. The Bertz CT molecular complexity index is 849. The highest BCUT2D eigenvalue weighted by atomic mass is 19.4. The molecule has 0 saturated heterocycles. The number of hydrogen-bond acceptors (Lipinski definition) is 4. The summed E-state index contributed by atoms with van der Waals surface area (Å²) in [7, 11) is 0. The Kier molecular flexibility index (Phi) is 5.57. The average molecular weight is 420 g/mol. The van der Waals surface area contributed by atoms with Crippen LogP contribution in [0.5, 0.6) is 0 Å². The lowest BCUT2D eigenvalue weighted by molar-refractivity contribution is -0.188. The van der Waals surface area contributed by atoms with Crippen molar-refractivity contribution >= 4 is 0 Å². The minimum absolute atomic E-state index is 0.131. The summed E-state index contributed by atoms with van der Waals surface area (Å²) in [6.07, 6.45) is -9.73. The molecule has 2 rings (SSSR count). The van der Waals surface area contributed by atoms with E-state index < -0.39 is 34.7 Å². The molecule has 0 spiro atoms. The van der Waals surface area contributed by atoms with Gasteiger partial charge in [-0.05, 0) is 36.1 Å². The van der Waals surface area contributed by atoms with Gasteiger partial charge in [0.05, 0.1) is 5.66 Å². The summed E-state index contributed by atoms with van der Waals surface area (Å²) in [6.45, 7) is 2.43. The third kappa shape index (κ3) is 4.11. The molecule has 0 aromatic heterocycles. The Hall–Kier alpha value is -2.14. The molecule has 0 fully saturated rings. The van der Waals surface area contributed by atoms with Crippen LogP contribution in [0.25, 0.3) is 0 Å². The van der Waals surface area contributed by atoms with Gasteiger partial charge in [-0.25, -0.2) is 0 Å². The van der Waals surface area contributed by atoms with E-state index in [0.29, 0.717) is 5.56 Å². The van der Waals surface area contributed by atoms with Crippen molar-refractivity contribution in [3.8, 4) is 0 Å². The molecule has 1 unspecified atom stereocenters. The van der Waals surface area contributed by atoms with Crippen LogP contribution in [0.4, 0.5) is 26.3 Å². The molecule has 0 bridgehead atoms. The van der Waals surface area contributed by atoms with Crippen LogP contribution in [0.15, 0.2) is 48.5 Å². The molecule has 4 nitrogen and oxygen atoms in total. The van der Waals surface area contributed by atoms with Crippen molar-refractivity contribution in [3.63, 3.8) is 0 Å². The summed E-state index contributed by atoms with van der Waals surface area (Å²) in [6, 6.07) is 8.79. The second-order valence-electron chi connectivity index (χ2n) is 7.43. The summed E-state index contributed by atoms with van der Waals surface area (Å²) >= 11 is 0. The lowest BCUT2D eigenvalue weighted by Gasteiger charge is -2.34. The van der Waals surface area contributed by atoms with E-state index in [1.54, 1.807) is 0 Å². The third-order valence-corrected chi connectivity index (χ3v) is 5.06. The van der Waals surface area contributed by atoms with E-state index in [1.165, 1.54) is 31.2 Å². The van der Waals surface area contributed by atoms with Gasteiger partial charge in [-0.2, -0.15) is 26.3 Å². The van der Waals surface area contributed by atoms with E-state index in [2.05, 4.69) is 0 Å². The van der Waals surface area contributed by atoms with Crippen LogP contribution in [0.1, 0.15) is 36.1 Å². The monoisotopic (exact) mass is 420 g/mol. The van der Waals surface area contributed by atoms with Crippen molar-refractivity contribution in [1.29, 1.82) is 0 Å². The molecule has 0 aliphatic carbocycles. The number of hydrogen-bond donors (Lipinski definition) is 4. The van der Waals surface area contributed by atoms with Crippen molar-refractivity contribution in [1.82, 2.24) is 0 Å². The highest BCUT2D eigenvalue weighted by Crippen LogP contribution is 2.46. The van der Waals surface area contributed by atoms with Gasteiger partial charge in [0.1, 0.15) is 5.41 Å². The van der Waals surface area contributed by atoms with E-state index in [1.807, 2.05) is 0 Å². The van der Waals surface area contributed by atoms with Gasteiger partial charge in [0.2, 0.25) is 0 Å². The third-order valence-electron chi connectivity index (χ3n) is 5.06. The molecule has 1 atom stereocenters. The summed E-state index contributed by atoms with van der Waals surface area (Å²) in [4.78, 5) is 0. The van der Waals surface area contributed by atoms with Gasteiger partial charge in [0, 0.05) is 0 Å². The number of halogens is 6. The molecule has 0 radical (unpaired) electrons. The summed E-state index contributed by atoms with van der Waals surface area (Å²) < 4.78 is 81.1. The van der Waals surface area contributed by atoms with E-state index in [4.69, 9.17) is 22.9 Å². The second-order valence-corrected chi connectivity index (χ2v) is 7.43. The fourth-order valence-corrected chi connectivity index (χ4v) is 2.90. The minimum Gasteiger partial charge on any atom is -0.310 e. The SMILES string of the molecule is CC(N)(N)c1ccc(C(C)(c2ccc(C(N)(N)C(F)(F)F)cc2)C(F)(F)F)cc1. The first kappa shape index (κ1) is 23.1. The first-order valence-electron chi connectivity index (χ1n) is 8.43. The van der Waals surface area contributed by atoms with Gasteiger partial charge in [-0.1, -0.05) is 48.5 Å². The first-order valence-corrected chi connectivity index (χ1v) is 8.43. The second kappa shape index (κ2) is 6.98. The van der Waals surface area contributed by atoms with Crippen LogP contribution >= 0.6 is 0 Å². The Labute approximate surface area is 163 Å². The molecule has 0 aliphatic heterocycles. The van der Waals surface area contributed by atoms with Gasteiger partial charge in [0.15, 0.2) is 5.66 Å². The van der Waals surface area contributed by atoms with Gasteiger partial charge >= 0.3 is 12.4 Å². The molecule has 0 saturated carbocycles. The molecule has 0 amide bonds. The van der Waals surface area contributed by atoms with Crippen molar-refractivity contribution in [2.45, 2.75) is 42.9 Å². The largest absolute Gasteiger partial charge is 0.423 e. The standard InChI is InChI=1S/C19H22F6N4/c1-15(18(20,21)22,11-3-7-13(8-4-11)16(2,26)27)12-5-9-14(10-6-12)17(28,29)19(23,24)25/h3-10H,26-29H2,1-2H3. The Morgan fingerprint density at radius 2 is 0.828 bits per heavy atom. The number of nitrogens with two attached hydrogens (primary N) is 4. The van der Waals surface area contributed by atoms with E-state index in [-0.39, 0.29) is 11.1 Å². The topological polar surface area (TPSA) is 104 Å². The molecular weight excluding hydrogens is 398 g/mol. The summed E-state index contributed by atoms with van der Waals surface area (Å²) in [5, 5.41) is 0. The number of alkyl halides is 6. The highest BCUT2D eigenvalue weighted by molar-refractivity contribution is 5.44. The molecule has 2 aromatic carbocycles. The van der Waals surface area contributed by atoms with Crippen molar-refractivity contribution < 1.29 is 26.3 Å². The zero-order valence-corrected chi connectivity index (χ0v) is 15.7. The van der Waals surface area contributed by atoms with Crippen LogP contribution in [0.2, 0.25) is 0 Å². The van der Waals surface area contributed by atoms with E-state index in [0.717, 1.165) is 31.2 Å². The smallest absolute Gasteiger partial charge is 0.310 e. The zero-order valence-electron chi connectivity index (χ0n) is 15.7. The van der Waals surface area contributed by atoms with Crippen LogP contribution < -0.4 is 22.9 Å². The molecule has 10 heteroatoms. The lowest BCUT2D eigenvalue weighted by Crippen LogP contribution is -2.57. The highest BCUT2D eigenvalue weighted by Gasteiger charge is 2.54. The van der Waals surface area contributed by atoms with Crippen molar-refractivity contribution in [2.24, 2.45) is 22.9 Å². The maximum Gasteiger partial charge on any atom is 0.423 e. The average Bonchev–Trinajstić information content (AvgIpc) is 2.58. The number of benzene rings is 2. The van der Waals surface area contributed by atoms with Crippen LogP contribution in [-0.2, 0) is 16.7 Å². The van der Waals surface area contributed by atoms with Crippen LogP contribution in [0, 0.1) is 0 Å². The van der Waals surface area contributed by atoms with Crippen molar-refractivity contribution in [2.75, 3.05) is 0 Å². The van der Waals surface area contributed by atoms with Gasteiger partial charge < -0.3 is 22.9 Å². The normalized spacial score (nSPS) is 15.9. The van der Waals surface area contributed by atoms with Crippen LogP contribution in [0.3, 0.4) is 0 Å². The Balaban J connectivity index is 2.56. The number of rotatable bonds is 4. The Morgan fingerprint density at radius 1 is 0.517 bits per heavy atom. The van der Waals surface area contributed by atoms with E-state index in [9.17, 15) is 26.3 Å². The summed E-state index contributed by atoms with van der Waals surface area (Å²) in [5.41, 5.74) is 14.3. The van der Waals surface area contributed by atoms with Crippen LogP contribution in [-0.4, -0.2) is 12.4 Å².